The molecule has 0 radical (unpaired) electrons. The van der Waals surface area contributed by atoms with Gasteiger partial charge in [-0.25, -0.2) is 0 Å². The van der Waals surface area contributed by atoms with Crippen LogP contribution in [0.15, 0.2) is 0 Å². The first kappa shape index (κ1) is 16.9. The van der Waals surface area contributed by atoms with E-state index in [1.165, 1.54) is 25.7 Å². The molecule has 3 heteroatoms. The van der Waals surface area contributed by atoms with Crippen molar-refractivity contribution in [2.24, 2.45) is 29.0 Å². The molecular weight excluding hydrogens is 236 g/mol. The Balaban J connectivity index is 2.47. The summed E-state index contributed by atoms with van der Waals surface area (Å²) in [4.78, 5) is 0. The van der Waals surface area contributed by atoms with Gasteiger partial charge in [-0.3, -0.25) is 11.3 Å². The van der Waals surface area contributed by atoms with Crippen LogP contribution in [0.25, 0.3) is 0 Å². The molecule has 0 spiro atoms. The smallest absolute Gasteiger partial charge is 0.0465 e. The van der Waals surface area contributed by atoms with Gasteiger partial charge in [0.25, 0.3) is 0 Å². The minimum Gasteiger partial charge on any atom is -0.385 e. The summed E-state index contributed by atoms with van der Waals surface area (Å²) in [5, 5.41) is 0. The van der Waals surface area contributed by atoms with Gasteiger partial charge in [0.2, 0.25) is 0 Å². The van der Waals surface area contributed by atoms with E-state index in [1.54, 1.807) is 7.11 Å². The second-order valence-corrected chi connectivity index (χ2v) is 7.43. The summed E-state index contributed by atoms with van der Waals surface area (Å²) in [7, 11) is 1.77. The quantitative estimate of drug-likeness (QED) is 0.575. The van der Waals surface area contributed by atoms with E-state index in [0.29, 0.717) is 17.4 Å². The first-order chi connectivity index (χ1) is 8.90. The highest BCUT2D eigenvalue weighted by Gasteiger charge is 2.34. The number of hydrazine groups is 1. The van der Waals surface area contributed by atoms with E-state index in [1.807, 2.05) is 0 Å². The molecule has 3 nitrogen and oxygen atoms in total. The maximum absolute atomic E-state index is 5.81. The molecule has 2 atom stereocenters. The summed E-state index contributed by atoms with van der Waals surface area (Å²) >= 11 is 0. The summed E-state index contributed by atoms with van der Waals surface area (Å²) in [6, 6.07) is 0.441. The first-order valence-corrected chi connectivity index (χ1v) is 7.85. The first-order valence-electron chi connectivity index (χ1n) is 7.85. The number of hydrogen-bond acceptors (Lipinski definition) is 3. The molecule has 1 rings (SSSR count). The van der Waals surface area contributed by atoms with Crippen molar-refractivity contribution >= 4 is 0 Å². The molecule has 0 bridgehead atoms. The molecule has 2 unspecified atom stereocenters. The Morgan fingerprint density at radius 2 is 1.79 bits per heavy atom. The normalized spacial score (nSPS) is 28.1. The minimum atomic E-state index is 0.441. The van der Waals surface area contributed by atoms with Crippen LogP contribution in [0.4, 0.5) is 0 Å². The molecule has 0 aliphatic heterocycles. The van der Waals surface area contributed by atoms with E-state index in [-0.39, 0.29) is 0 Å². The lowest BCUT2D eigenvalue weighted by Crippen LogP contribution is -2.47. The van der Waals surface area contributed by atoms with E-state index in [4.69, 9.17) is 10.6 Å². The Labute approximate surface area is 119 Å². The monoisotopic (exact) mass is 270 g/mol. The molecule has 1 aliphatic rings. The van der Waals surface area contributed by atoms with Crippen LogP contribution in [0.5, 0.6) is 0 Å². The van der Waals surface area contributed by atoms with Gasteiger partial charge in [0.1, 0.15) is 0 Å². The summed E-state index contributed by atoms with van der Waals surface area (Å²) in [5.74, 6) is 7.99. The largest absolute Gasteiger partial charge is 0.385 e. The fourth-order valence-electron chi connectivity index (χ4n) is 3.59. The van der Waals surface area contributed by atoms with E-state index in [0.717, 1.165) is 24.9 Å². The molecule has 19 heavy (non-hydrogen) atoms. The summed E-state index contributed by atoms with van der Waals surface area (Å²) in [6.45, 7) is 10.2. The van der Waals surface area contributed by atoms with Crippen molar-refractivity contribution in [1.29, 1.82) is 0 Å². The van der Waals surface area contributed by atoms with Gasteiger partial charge in [0.15, 0.2) is 0 Å². The van der Waals surface area contributed by atoms with Crippen LogP contribution in [0.1, 0.15) is 59.8 Å². The van der Waals surface area contributed by atoms with Crippen LogP contribution in [0.2, 0.25) is 0 Å². The second kappa shape index (κ2) is 7.61. The number of nitrogens with one attached hydrogen (secondary N) is 1. The van der Waals surface area contributed by atoms with Crippen LogP contribution in [0, 0.1) is 23.2 Å². The van der Waals surface area contributed by atoms with Gasteiger partial charge in [-0.1, -0.05) is 27.7 Å². The van der Waals surface area contributed by atoms with Crippen molar-refractivity contribution in [1.82, 2.24) is 5.43 Å². The molecule has 0 aromatic rings. The summed E-state index contributed by atoms with van der Waals surface area (Å²) < 4.78 is 5.19. The molecule has 0 amide bonds. The third kappa shape index (κ3) is 5.05. The van der Waals surface area contributed by atoms with E-state index >= 15 is 0 Å². The van der Waals surface area contributed by atoms with Crippen molar-refractivity contribution in [3.63, 3.8) is 0 Å². The lowest BCUT2D eigenvalue weighted by molar-refractivity contribution is 0.107. The number of methoxy groups -OCH3 is 1. The highest BCUT2D eigenvalue weighted by atomic mass is 16.5. The highest BCUT2D eigenvalue weighted by Crippen LogP contribution is 2.41. The van der Waals surface area contributed by atoms with Crippen LogP contribution >= 0.6 is 0 Å². The Morgan fingerprint density at radius 3 is 2.21 bits per heavy atom. The van der Waals surface area contributed by atoms with Crippen molar-refractivity contribution in [2.75, 3.05) is 13.7 Å². The molecule has 0 saturated heterocycles. The molecule has 1 fully saturated rings. The predicted molar refractivity (Wildman–Crippen MR) is 81.7 cm³/mol. The van der Waals surface area contributed by atoms with E-state index in [9.17, 15) is 0 Å². The van der Waals surface area contributed by atoms with Crippen LogP contribution in [-0.4, -0.2) is 19.8 Å². The Kier molecular flexibility index (Phi) is 6.78. The van der Waals surface area contributed by atoms with Crippen molar-refractivity contribution < 1.29 is 4.74 Å². The van der Waals surface area contributed by atoms with Gasteiger partial charge in [0, 0.05) is 19.8 Å². The second-order valence-electron chi connectivity index (χ2n) is 7.43. The number of rotatable bonds is 6. The maximum atomic E-state index is 5.81. The van der Waals surface area contributed by atoms with Gasteiger partial charge in [-0.2, -0.15) is 0 Å². The standard InChI is InChI=1S/C16H34N2O/c1-12(10-11-19-5)15(18-17)13-6-8-14(9-7-13)16(2,3)4/h12-15,18H,6-11,17H2,1-5H3. The van der Waals surface area contributed by atoms with Crippen LogP contribution in [0.3, 0.4) is 0 Å². The van der Waals surface area contributed by atoms with Gasteiger partial charge in [0.05, 0.1) is 0 Å². The predicted octanol–water partition coefficient (Wildman–Crippen LogP) is 3.34. The summed E-state index contributed by atoms with van der Waals surface area (Å²) in [6.07, 6.45) is 6.42. The average molecular weight is 270 g/mol. The van der Waals surface area contributed by atoms with Crippen LogP contribution < -0.4 is 11.3 Å². The van der Waals surface area contributed by atoms with Gasteiger partial charge in [-0.05, 0) is 55.3 Å². The lowest BCUT2D eigenvalue weighted by atomic mass is 9.67. The van der Waals surface area contributed by atoms with Crippen molar-refractivity contribution in [3.8, 4) is 0 Å². The average Bonchev–Trinajstić information content (AvgIpc) is 2.37. The fraction of sp³-hybridized carbons (Fsp3) is 1.00. The molecule has 0 aromatic carbocycles. The zero-order valence-electron chi connectivity index (χ0n) is 13.5. The molecule has 3 N–H and O–H groups in total. The van der Waals surface area contributed by atoms with Crippen LogP contribution in [-0.2, 0) is 4.74 Å². The molecule has 0 aromatic heterocycles. The third-order valence-corrected chi connectivity index (χ3v) is 5.09. The zero-order valence-corrected chi connectivity index (χ0v) is 13.5. The Hall–Kier alpha value is -0.120. The number of nitrogens with two attached hydrogens (primary N) is 1. The van der Waals surface area contributed by atoms with E-state index < -0.39 is 0 Å². The van der Waals surface area contributed by atoms with Gasteiger partial charge < -0.3 is 4.74 Å². The summed E-state index contributed by atoms with van der Waals surface area (Å²) in [5.41, 5.74) is 3.54. The van der Waals surface area contributed by atoms with Crippen molar-refractivity contribution in [2.45, 2.75) is 65.8 Å². The lowest BCUT2D eigenvalue weighted by Gasteiger charge is -2.40. The Bertz CT molecular complexity index is 242. The van der Waals surface area contributed by atoms with Crippen molar-refractivity contribution in [3.05, 3.63) is 0 Å². The maximum Gasteiger partial charge on any atom is 0.0465 e. The topological polar surface area (TPSA) is 47.3 Å². The molecule has 1 saturated carbocycles. The third-order valence-electron chi connectivity index (χ3n) is 5.09. The molecule has 0 heterocycles. The number of hydrogen-bond donors (Lipinski definition) is 2. The zero-order chi connectivity index (χ0) is 14.5. The molecule has 1 aliphatic carbocycles. The fourth-order valence-corrected chi connectivity index (χ4v) is 3.59. The van der Waals surface area contributed by atoms with Gasteiger partial charge in [-0.15, -0.1) is 0 Å². The highest BCUT2D eigenvalue weighted by molar-refractivity contribution is 4.87. The Morgan fingerprint density at radius 1 is 1.21 bits per heavy atom. The minimum absolute atomic E-state index is 0.441. The number of ether oxygens (including phenoxy) is 1. The SMILES string of the molecule is COCCC(C)C(NN)C1CCC(C(C)(C)C)CC1. The molecule has 114 valence electrons. The molecular formula is C16H34N2O. The van der Waals surface area contributed by atoms with Gasteiger partial charge >= 0.3 is 0 Å². The van der Waals surface area contributed by atoms with E-state index in [2.05, 4.69) is 33.1 Å².